The van der Waals surface area contributed by atoms with Crippen LogP contribution in [0.1, 0.15) is 17.0 Å². The number of fused-ring (bicyclic) bond motifs is 2. The highest BCUT2D eigenvalue weighted by Gasteiger charge is 2.23. The predicted molar refractivity (Wildman–Crippen MR) is 78.8 cm³/mol. The first-order valence-electron chi connectivity index (χ1n) is 7.11. The van der Waals surface area contributed by atoms with Crippen LogP contribution in [0.25, 0.3) is 0 Å². The first-order chi connectivity index (χ1) is 9.90. The topological polar surface area (TPSA) is 30.5 Å². The number of rotatable bonds is 1. The molecule has 2 aliphatic heterocycles. The molecule has 3 heteroatoms. The van der Waals surface area contributed by atoms with E-state index in [1.807, 2.05) is 0 Å². The number of hydrogen-bond acceptors (Lipinski definition) is 3. The maximum atomic E-state index is 5.68. The Morgan fingerprint density at radius 3 is 2.50 bits per heavy atom. The van der Waals surface area contributed by atoms with Crippen LogP contribution in [0.3, 0.4) is 0 Å². The Labute approximate surface area is 118 Å². The van der Waals surface area contributed by atoms with E-state index in [9.17, 15) is 0 Å². The Morgan fingerprint density at radius 1 is 0.950 bits per heavy atom. The highest BCUT2D eigenvalue weighted by atomic mass is 16.6. The molecule has 102 valence electrons. The Hall–Kier alpha value is -2.16. The molecule has 0 saturated heterocycles. The summed E-state index contributed by atoms with van der Waals surface area (Å²) in [6, 6.07) is 14.9. The van der Waals surface area contributed by atoms with Gasteiger partial charge in [-0.15, -0.1) is 0 Å². The van der Waals surface area contributed by atoms with Gasteiger partial charge in [0.2, 0.25) is 0 Å². The number of benzene rings is 2. The van der Waals surface area contributed by atoms with Gasteiger partial charge in [-0.1, -0.05) is 30.3 Å². The molecule has 0 bridgehead atoms. The van der Waals surface area contributed by atoms with Crippen molar-refractivity contribution in [2.75, 3.05) is 25.1 Å². The van der Waals surface area contributed by atoms with Gasteiger partial charge in [0.25, 0.3) is 0 Å². The summed E-state index contributed by atoms with van der Waals surface area (Å²) < 4.78 is 11.3. The van der Waals surface area contributed by atoms with Gasteiger partial charge in [-0.25, -0.2) is 0 Å². The quantitative estimate of drug-likeness (QED) is 0.860. The smallest absolute Gasteiger partial charge is 0.163 e. The van der Waals surface area contributed by atoms with Crippen LogP contribution >= 0.6 is 0 Å². The van der Waals surface area contributed by atoms with Crippen LogP contribution in [0, 0.1) is 0 Å². The van der Waals surface area contributed by atoms with E-state index in [-0.39, 0.29) is 0 Å². The highest BCUT2D eigenvalue weighted by molar-refractivity contribution is 5.63. The molecule has 2 aromatic carbocycles. The molecule has 0 amide bonds. The third kappa shape index (κ3) is 1.99. The molecule has 1 atom stereocenters. The lowest BCUT2D eigenvalue weighted by Gasteiger charge is -2.29. The van der Waals surface area contributed by atoms with Crippen molar-refractivity contribution in [1.82, 2.24) is 0 Å². The Kier molecular flexibility index (Phi) is 2.76. The van der Waals surface area contributed by atoms with Crippen molar-refractivity contribution in [1.29, 1.82) is 0 Å². The molecule has 0 saturated carbocycles. The van der Waals surface area contributed by atoms with E-state index in [0.717, 1.165) is 24.5 Å². The molecule has 0 aliphatic carbocycles. The maximum absolute atomic E-state index is 5.68. The van der Waals surface area contributed by atoms with E-state index in [2.05, 4.69) is 47.8 Å². The summed E-state index contributed by atoms with van der Waals surface area (Å²) in [6.07, 6.45) is 1.04. The fourth-order valence-corrected chi connectivity index (χ4v) is 3.00. The second kappa shape index (κ2) is 4.75. The fourth-order valence-electron chi connectivity index (χ4n) is 3.00. The van der Waals surface area contributed by atoms with E-state index in [0.29, 0.717) is 19.1 Å². The van der Waals surface area contributed by atoms with Gasteiger partial charge < -0.3 is 14.8 Å². The zero-order valence-electron chi connectivity index (χ0n) is 11.3. The van der Waals surface area contributed by atoms with Crippen LogP contribution in [0.2, 0.25) is 0 Å². The number of ether oxygens (including phenoxy) is 2. The van der Waals surface area contributed by atoms with Crippen LogP contribution in [-0.2, 0) is 6.42 Å². The lowest BCUT2D eigenvalue weighted by Crippen LogP contribution is -2.23. The van der Waals surface area contributed by atoms with Crippen LogP contribution in [0.5, 0.6) is 11.5 Å². The third-order valence-corrected chi connectivity index (χ3v) is 4.04. The van der Waals surface area contributed by atoms with Crippen LogP contribution in [0.4, 0.5) is 5.69 Å². The van der Waals surface area contributed by atoms with Crippen LogP contribution < -0.4 is 14.8 Å². The summed E-state index contributed by atoms with van der Waals surface area (Å²) in [7, 11) is 0. The minimum Gasteiger partial charge on any atom is -0.486 e. The van der Waals surface area contributed by atoms with Crippen LogP contribution in [0.15, 0.2) is 42.5 Å². The molecule has 2 aromatic rings. The molecule has 0 aromatic heterocycles. The summed E-state index contributed by atoms with van der Waals surface area (Å²) in [5.41, 5.74) is 3.89. The molecule has 1 N–H and O–H groups in total. The third-order valence-electron chi connectivity index (χ3n) is 4.04. The van der Waals surface area contributed by atoms with Crippen molar-refractivity contribution in [3.8, 4) is 11.5 Å². The van der Waals surface area contributed by atoms with Crippen molar-refractivity contribution in [2.24, 2.45) is 0 Å². The summed E-state index contributed by atoms with van der Waals surface area (Å²) in [5.74, 6) is 2.26. The molecular formula is C17H17NO2. The molecule has 0 radical (unpaired) electrons. The van der Waals surface area contributed by atoms with Gasteiger partial charge in [0, 0.05) is 24.2 Å². The van der Waals surface area contributed by atoms with Crippen molar-refractivity contribution < 1.29 is 9.47 Å². The van der Waals surface area contributed by atoms with Gasteiger partial charge in [-0.3, -0.25) is 0 Å². The normalized spacial score (nSPS) is 19.9. The molecular weight excluding hydrogens is 250 g/mol. The van der Waals surface area contributed by atoms with E-state index in [1.165, 1.54) is 16.8 Å². The number of nitrogens with one attached hydrogen (secondary N) is 1. The SMILES string of the molecule is c1ccc(C2CNc3cc4c(cc3C2)OCCO4)cc1. The molecule has 20 heavy (non-hydrogen) atoms. The van der Waals surface area contributed by atoms with Crippen molar-refractivity contribution in [3.05, 3.63) is 53.6 Å². The second-order valence-corrected chi connectivity index (χ2v) is 5.35. The van der Waals surface area contributed by atoms with Crippen molar-refractivity contribution in [2.45, 2.75) is 12.3 Å². The average Bonchev–Trinajstić information content (AvgIpc) is 2.53. The van der Waals surface area contributed by atoms with E-state index >= 15 is 0 Å². The van der Waals surface area contributed by atoms with Gasteiger partial charge in [0.1, 0.15) is 13.2 Å². The van der Waals surface area contributed by atoms with Gasteiger partial charge in [0.15, 0.2) is 11.5 Å². The fraction of sp³-hybridized carbons (Fsp3) is 0.294. The highest BCUT2D eigenvalue weighted by Crippen LogP contribution is 2.39. The van der Waals surface area contributed by atoms with E-state index in [1.54, 1.807) is 0 Å². The minimum absolute atomic E-state index is 0.520. The van der Waals surface area contributed by atoms with Crippen LogP contribution in [-0.4, -0.2) is 19.8 Å². The summed E-state index contributed by atoms with van der Waals surface area (Å²) >= 11 is 0. The second-order valence-electron chi connectivity index (χ2n) is 5.35. The van der Waals surface area contributed by atoms with Gasteiger partial charge in [-0.05, 0) is 23.6 Å². The van der Waals surface area contributed by atoms with E-state index < -0.39 is 0 Å². The zero-order chi connectivity index (χ0) is 13.4. The maximum Gasteiger partial charge on any atom is 0.163 e. The first-order valence-corrected chi connectivity index (χ1v) is 7.11. The van der Waals surface area contributed by atoms with Gasteiger partial charge in [-0.2, -0.15) is 0 Å². The number of anilines is 1. The largest absolute Gasteiger partial charge is 0.486 e. The molecule has 1 unspecified atom stereocenters. The standard InChI is InChI=1S/C17H17NO2/c1-2-4-12(5-3-1)14-8-13-9-16-17(20-7-6-19-16)10-15(13)18-11-14/h1-5,9-10,14,18H,6-8,11H2. The molecule has 0 spiro atoms. The van der Waals surface area contributed by atoms with Gasteiger partial charge >= 0.3 is 0 Å². The molecule has 2 aliphatic rings. The zero-order valence-corrected chi connectivity index (χ0v) is 11.3. The number of hydrogen-bond donors (Lipinski definition) is 1. The average molecular weight is 267 g/mol. The summed E-state index contributed by atoms with van der Waals surface area (Å²) in [5, 5.41) is 3.53. The first kappa shape index (κ1) is 11.6. The summed E-state index contributed by atoms with van der Waals surface area (Å²) in [4.78, 5) is 0. The van der Waals surface area contributed by atoms with Crippen molar-refractivity contribution >= 4 is 5.69 Å². The monoisotopic (exact) mass is 267 g/mol. The molecule has 4 rings (SSSR count). The Bertz CT molecular complexity index is 624. The molecule has 3 nitrogen and oxygen atoms in total. The molecule has 2 heterocycles. The van der Waals surface area contributed by atoms with Crippen molar-refractivity contribution in [3.63, 3.8) is 0 Å². The predicted octanol–water partition coefficient (Wildman–Crippen LogP) is 3.21. The minimum atomic E-state index is 0.520. The van der Waals surface area contributed by atoms with E-state index in [4.69, 9.17) is 9.47 Å². The Morgan fingerprint density at radius 2 is 1.70 bits per heavy atom. The lowest BCUT2D eigenvalue weighted by molar-refractivity contribution is 0.171. The molecule has 0 fully saturated rings. The Balaban J connectivity index is 1.66. The lowest BCUT2D eigenvalue weighted by atomic mass is 9.88. The van der Waals surface area contributed by atoms with Gasteiger partial charge in [0.05, 0.1) is 0 Å². The summed E-state index contributed by atoms with van der Waals surface area (Å²) in [6.45, 7) is 2.25.